The van der Waals surface area contributed by atoms with Gasteiger partial charge in [0.15, 0.2) is 0 Å². The van der Waals surface area contributed by atoms with Crippen LogP contribution >= 0.6 is 11.3 Å². The molecule has 1 aliphatic heterocycles. The molecule has 6 heteroatoms. The number of likely N-dealkylation sites (N-methyl/N-ethyl adjacent to an activating group) is 1. The van der Waals surface area contributed by atoms with E-state index in [1.54, 1.807) is 16.8 Å². The smallest absolute Gasteiger partial charge is 0.270 e. The predicted molar refractivity (Wildman–Crippen MR) is 96.2 cm³/mol. The maximum Gasteiger partial charge on any atom is 0.270 e. The highest BCUT2D eigenvalue weighted by molar-refractivity contribution is 7.16. The molecule has 24 heavy (non-hydrogen) atoms. The zero-order chi connectivity index (χ0) is 16.5. The van der Waals surface area contributed by atoms with Gasteiger partial charge in [0.1, 0.15) is 11.3 Å². The molecule has 1 fully saturated rings. The van der Waals surface area contributed by atoms with E-state index in [9.17, 15) is 4.79 Å². The average molecular weight is 340 g/mol. The Morgan fingerprint density at radius 1 is 1.42 bits per heavy atom. The van der Waals surface area contributed by atoms with Gasteiger partial charge in [0.05, 0.1) is 10.2 Å². The zero-order valence-electron chi connectivity index (χ0n) is 13.6. The largest absolute Gasteiger partial charge is 0.336 e. The average Bonchev–Trinajstić information content (AvgIpc) is 3.30. The fourth-order valence-electron chi connectivity index (χ4n) is 3.32. The molecular formula is C18H20N4OS. The van der Waals surface area contributed by atoms with Gasteiger partial charge in [-0.1, -0.05) is 30.3 Å². The van der Waals surface area contributed by atoms with Crippen molar-refractivity contribution in [2.75, 3.05) is 20.1 Å². The van der Waals surface area contributed by atoms with E-state index in [2.05, 4.69) is 46.2 Å². The Bertz CT molecular complexity index is 812. The van der Waals surface area contributed by atoms with Gasteiger partial charge in [-0.3, -0.25) is 9.69 Å². The van der Waals surface area contributed by atoms with Crippen molar-refractivity contribution in [3.8, 4) is 0 Å². The number of amides is 1. The fourth-order valence-corrected chi connectivity index (χ4v) is 3.99. The van der Waals surface area contributed by atoms with Crippen LogP contribution in [-0.2, 0) is 6.54 Å². The van der Waals surface area contributed by atoms with E-state index in [1.807, 2.05) is 17.0 Å². The summed E-state index contributed by atoms with van der Waals surface area (Å²) in [6.45, 7) is 2.50. The van der Waals surface area contributed by atoms with Gasteiger partial charge in [0, 0.05) is 25.7 Å². The number of benzene rings is 1. The van der Waals surface area contributed by atoms with Crippen LogP contribution in [0, 0.1) is 0 Å². The van der Waals surface area contributed by atoms with Crippen LogP contribution in [0.4, 0.5) is 0 Å². The minimum Gasteiger partial charge on any atom is -0.336 e. The molecule has 1 saturated heterocycles. The van der Waals surface area contributed by atoms with Gasteiger partial charge in [-0.15, -0.1) is 11.3 Å². The molecule has 0 aliphatic carbocycles. The molecule has 0 saturated carbocycles. The van der Waals surface area contributed by atoms with Gasteiger partial charge < -0.3 is 9.88 Å². The third-order valence-electron chi connectivity index (χ3n) is 4.70. The van der Waals surface area contributed by atoms with Crippen LogP contribution in [0.5, 0.6) is 0 Å². The molecule has 1 N–H and O–H groups in total. The molecule has 2 aromatic heterocycles. The summed E-state index contributed by atoms with van der Waals surface area (Å²) >= 11 is 1.55. The number of nitrogens with zero attached hydrogens (tertiary/aromatic N) is 3. The number of thiazole rings is 1. The first-order valence-electron chi connectivity index (χ1n) is 8.16. The molecule has 3 heterocycles. The Morgan fingerprint density at radius 2 is 2.25 bits per heavy atom. The standard InChI is InChI=1S/C18H20N4OS/c1-21(10-13-5-3-2-4-6-13)14-7-8-22(11-14)18(23)15-9-16-17(20-15)19-12-24-16/h2-6,9,12,14,20H,7-8,10-11H2,1H3. The van der Waals surface area contributed by atoms with Crippen molar-refractivity contribution in [2.45, 2.75) is 19.0 Å². The monoisotopic (exact) mass is 340 g/mol. The molecule has 0 bridgehead atoms. The van der Waals surface area contributed by atoms with E-state index >= 15 is 0 Å². The second-order valence-corrected chi connectivity index (χ2v) is 7.23. The van der Waals surface area contributed by atoms with E-state index in [1.165, 1.54) is 5.56 Å². The van der Waals surface area contributed by atoms with Crippen molar-refractivity contribution in [3.05, 3.63) is 53.2 Å². The molecule has 124 valence electrons. The van der Waals surface area contributed by atoms with E-state index in [-0.39, 0.29) is 5.91 Å². The van der Waals surface area contributed by atoms with Crippen LogP contribution in [-0.4, -0.2) is 51.9 Å². The summed E-state index contributed by atoms with van der Waals surface area (Å²) in [6.07, 6.45) is 1.02. The Hall–Kier alpha value is -2.18. The van der Waals surface area contributed by atoms with Gasteiger partial charge in [-0.05, 0) is 25.1 Å². The topological polar surface area (TPSA) is 52.2 Å². The Balaban J connectivity index is 1.40. The summed E-state index contributed by atoms with van der Waals surface area (Å²) in [5, 5.41) is 0. The second kappa shape index (κ2) is 6.37. The lowest BCUT2D eigenvalue weighted by molar-refractivity contribution is 0.0774. The minimum atomic E-state index is 0.0795. The zero-order valence-corrected chi connectivity index (χ0v) is 14.4. The van der Waals surface area contributed by atoms with Crippen molar-refractivity contribution < 1.29 is 4.79 Å². The van der Waals surface area contributed by atoms with E-state index in [0.29, 0.717) is 11.7 Å². The second-order valence-electron chi connectivity index (χ2n) is 6.34. The lowest BCUT2D eigenvalue weighted by Gasteiger charge is -2.24. The molecule has 0 radical (unpaired) electrons. The first-order valence-corrected chi connectivity index (χ1v) is 9.04. The normalized spacial score (nSPS) is 17.9. The van der Waals surface area contributed by atoms with E-state index < -0.39 is 0 Å². The van der Waals surface area contributed by atoms with Crippen LogP contribution < -0.4 is 0 Å². The number of aromatic nitrogens is 2. The molecule has 1 aromatic carbocycles. The summed E-state index contributed by atoms with van der Waals surface area (Å²) in [6, 6.07) is 12.8. The Kier molecular flexibility index (Phi) is 4.08. The number of H-pyrrole nitrogens is 1. The van der Waals surface area contributed by atoms with Crippen LogP contribution in [0.15, 0.2) is 41.9 Å². The SMILES string of the molecule is CN(Cc1ccccc1)C1CCN(C(=O)c2cc3scnc3[nH]2)C1. The number of carbonyl (C=O) groups excluding carboxylic acids is 1. The maximum absolute atomic E-state index is 12.7. The van der Waals surface area contributed by atoms with E-state index in [0.717, 1.165) is 36.4 Å². The predicted octanol–water partition coefficient (Wildman–Crippen LogP) is 2.97. The summed E-state index contributed by atoms with van der Waals surface area (Å²) in [4.78, 5) is 24.3. The minimum absolute atomic E-state index is 0.0795. The van der Waals surface area contributed by atoms with Gasteiger partial charge in [-0.25, -0.2) is 4.98 Å². The number of hydrogen-bond acceptors (Lipinski definition) is 4. The summed E-state index contributed by atoms with van der Waals surface area (Å²) in [5.41, 5.74) is 4.55. The summed E-state index contributed by atoms with van der Waals surface area (Å²) in [5.74, 6) is 0.0795. The van der Waals surface area contributed by atoms with Crippen molar-refractivity contribution in [1.29, 1.82) is 0 Å². The molecule has 1 atom stereocenters. The van der Waals surface area contributed by atoms with E-state index in [4.69, 9.17) is 0 Å². The van der Waals surface area contributed by atoms with Crippen molar-refractivity contribution in [2.24, 2.45) is 0 Å². The number of rotatable bonds is 4. The van der Waals surface area contributed by atoms with Crippen LogP contribution in [0.25, 0.3) is 10.3 Å². The first kappa shape index (κ1) is 15.4. The number of hydrogen-bond donors (Lipinski definition) is 1. The van der Waals surface area contributed by atoms with Crippen LogP contribution in [0.3, 0.4) is 0 Å². The molecule has 1 aliphatic rings. The lowest BCUT2D eigenvalue weighted by atomic mass is 10.1. The van der Waals surface area contributed by atoms with Crippen molar-refractivity contribution >= 4 is 27.6 Å². The summed E-state index contributed by atoms with van der Waals surface area (Å²) in [7, 11) is 2.14. The maximum atomic E-state index is 12.7. The van der Waals surface area contributed by atoms with Gasteiger partial charge in [0.25, 0.3) is 5.91 Å². The van der Waals surface area contributed by atoms with Crippen molar-refractivity contribution in [1.82, 2.24) is 19.8 Å². The van der Waals surface area contributed by atoms with Gasteiger partial charge in [0.2, 0.25) is 0 Å². The summed E-state index contributed by atoms with van der Waals surface area (Å²) < 4.78 is 1.04. The highest BCUT2D eigenvalue weighted by Crippen LogP contribution is 2.22. The van der Waals surface area contributed by atoms with Gasteiger partial charge in [-0.2, -0.15) is 0 Å². The fraction of sp³-hybridized carbons (Fsp3) is 0.333. The molecule has 0 spiro atoms. The number of aromatic amines is 1. The lowest BCUT2D eigenvalue weighted by Crippen LogP contribution is -2.36. The Labute approximate surface area is 144 Å². The highest BCUT2D eigenvalue weighted by atomic mass is 32.1. The number of fused-ring (bicyclic) bond motifs is 1. The molecule has 5 nitrogen and oxygen atoms in total. The van der Waals surface area contributed by atoms with Crippen molar-refractivity contribution in [3.63, 3.8) is 0 Å². The third kappa shape index (κ3) is 2.95. The number of carbonyl (C=O) groups is 1. The number of likely N-dealkylation sites (tertiary alicyclic amines) is 1. The van der Waals surface area contributed by atoms with Crippen LogP contribution in [0.2, 0.25) is 0 Å². The van der Waals surface area contributed by atoms with Gasteiger partial charge >= 0.3 is 0 Å². The quantitative estimate of drug-likeness (QED) is 0.794. The highest BCUT2D eigenvalue weighted by Gasteiger charge is 2.30. The molecular weight excluding hydrogens is 320 g/mol. The Morgan fingerprint density at radius 3 is 3.04 bits per heavy atom. The third-order valence-corrected chi connectivity index (χ3v) is 5.48. The molecule has 1 amide bonds. The molecule has 4 rings (SSSR count). The molecule has 3 aromatic rings. The number of nitrogens with one attached hydrogen (secondary N) is 1. The molecule has 1 unspecified atom stereocenters. The first-order chi connectivity index (χ1) is 11.7. The van der Waals surface area contributed by atoms with Crippen LogP contribution in [0.1, 0.15) is 22.5 Å².